The zero-order chi connectivity index (χ0) is 14.8. The fourth-order valence-electron chi connectivity index (χ4n) is 1.73. The number of cyclic esters (lactones) is 2. The Kier molecular flexibility index (Phi) is 4.18. The lowest BCUT2D eigenvalue weighted by Crippen LogP contribution is -2.41. The summed E-state index contributed by atoms with van der Waals surface area (Å²) in [7, 11) is 0. The van der Waals surface area contributed by atoms with Gasteiger partial charge in [0.15, 0.2) is 5.57 Å². The summed E-state index contributed by atoms with van der Waals surface area (Å²) in [5, 5.41) is 1.64. The first-order valence-corrected chi connectivity index (χ1v) is 7.20. The Hall–Kier alpha value is -1.75. The van der Waals surface area contributed by atoms with Crippen molar-refractivity contribution in [2.24, 2.45) is 0 Å². The summed E-state index contributed by atoms with van der Waals surface area (Å²) in [4.78, 5) is 23.5. The van der Waals surface area contributed by atoms with E-state index < -0.39 is 17.7 Å². The molecule has 0 radical (unpaired) electrons. The van der Waals surface area contributed by atoms with Crippen LogP contribution in [-0.4, -0.2) is 17.7 Å². The van der Waals surface area contributed by atoms with Crippen molar-refractivity contribution in [2.45, 2.75) is 31.8 Å². The predicted molar refractivity (Wildman–Crippen MR) is 76.8 cm³/mol. The first-order chi connectivity index (χ1) is 9.39. The van der Waals surface area contributed by atoms with Gasteiger partial charge >= 0.3 is 11.9 Å². The molecule has 1 saturated heterocycles. The molecule has 1 heterocycles. The van der Waals surface area contributed by atoms with Crippen molar-refractivity contribution in [3.8, 4) is 0 Å². The first-order valence-electron chi connectivity index (χ1n) is 6.26. The highest BCUT2D eigenvalue weighted by molar-refractivity contribution is 8.02. The molecule has 0 saturated carbocycles. The average molecular weight is 292 g/mol. The Morgan fingerprint density at radius 3 is 2.20 bits per heavy atom. The van der Waals surface area contributed by atoms with Gasteiger partial charge in [0, 0.05) is 19.1 Å². The van der Waals surface area contributed by atoms with Gasteiger partial charge in [-0.3, -0.25) is 0 Å². The van der Waals surface area contributed by atoms with Crippen LogP contribution in [0.25, 0.3) is 0 Å². The molecule has 1 fully saturated rings. The van der Waals surface area contributed by atoms with Crippen molar-refractivity contribution < 1.29 is 19.1 Å². The van der Waals surface area contributed by atoms with Crippen LogP contribution >= 0.6 is 11.8 Å². The van der Waals surface area contributed by atoms with E-state index in [1.165, 1.54) is 31.0 Å². The standard InChI is InChI=1S/C15H16O4S/c1-10(11-7-5-4-6-8-11)20-9-12-13(16)18-15(2,3)19-14(12)17/h4-10H,1-3H3. The van der Waals surface area contributed by atoms with Gasteiger partial charge in [-0.05, 0) is 17.9 Å². The Morgan fingerprint density at radius 2 is 1.65 bits per heavy atom. The largest absolute Gasteiger partial charge is 0.419 e. The van der Waals surface area contributed by atoms with E-state index in [1.54, 1.807) is 0 Å². The Bertz CT molecular complexity index is 526. The monoisotopic (exact) mass is 292 g/mol. The fourth-order valence-corrected chi connectivity index (χ4v) is 2.58. The van der Waals surface area contributed by atoms with Gasteiger partial charge in [0.05, 0.1) is 0 Å². The molecule has 106 valence electrons. The predicted octanol–water partition coefficient (Wildman–Crippen LogP) is 3.20. The molecule has 1 aromatic rings. The Balaban J connectivity index is 2.08. The summed E-state index contributed by atoms with van der Waals surface area (Å²) in [5.41, 5.74) is 1.06. The molecule has 1 atom stereocenters. The Morgan fingerprint density at radius 1 is 1.10 bits per heavy atom. The number of carbonyl (C=O) groups excluding carboxylic acids is 2. The van der Waals surface area contributed by atoms with E-state index in [0.29, 0.717) is 0 Å². The lowest BCUT2D eigenvalue weighted by atomic mass is 10.2. The van der Waals surface area contributed by atoms with Crippen LogP contribution in [0.5, 0.6) is 0 Å². The minimum Gasteiger partial charge on any atom is -0.419 e. The van der Waals surface area contributed by atoms with E-state index in [1.807, 2.05) is 37.3 Å². The zero-order valence-electron chi connectivity index (χ0n) is 11.6. The minimum absolute atomic E-state index is 0.0582. The third-order valence-electron chi connectivity index (χ3n) is 2.78. The second kappa shape index (κ2) is 5.71. The molecule has 1 aromatic carbocycles. The summed E-state index contributed by atoms with van der Waals surface area (Å²) in [6, 6.07) is 9.83. The molecule has 0 spiro atoms. The van der Waals surface area contributed by atoms with Crippen LogP contribution < -0.4 is 0 Å². The number of esters is 2. The van der Waals surface area contributed by atoms with Crippen LogP contribution in [-0.2, 0) is 19.1 Å². The smallest absolute Gasteiger partial charge is 0.349 e. The SMILES string of the molecule is CC(SC=C1C(=O)OC(C)(C)OC1=O)c1ccccc1. The molecule has 0 bridgehead atoms. The number of ether oxygens (including phenoxy) is 2. The van der Waals surface area contributed by atoms with E-state index in [0.717, 1.165) is 5.56 Å². The first kappa shape index (κ1) is 14.7. The van der Waals surface area contributed by atoms with Crippen molar-refractivity contribution in [2.75, 3.05) is 0 Å². The van der Waals surface area contributed by atoms with Crippen molar-refractivity contribution in [3.63, 3.8) is 0 Å². The number of carbonyl (C=O) groups is 2. The van der Waals surface area contributed by atoms with Crippen molar-refractivity contribution in [1.82, 2.24) is 0 Å². The maximum Gasteiger partial charge on any atom is 0.349 e. The zero-order valence-corrected chi connectivity index (χ0v) is 12.4. The van der Waals surface area contributed by atoms with Gasteiger partial charge in [0.25, 0.3) is 5.79 Å². The van der Waals surface area contributed by atoms with Crippen LogP contribution in [0.2, 0.25) is 0 Å². The maximum absolute atomic E-state index is 11.8. The Labute approximate surface area is 122 Å². The molecule has 5 heteroatoms. The quantitative estimate of drug-likeness (QED) is 0.486. The van der Waals surface area contributed by atoms with Crippen molar-refractivity contribution in [3.05, 3.63) is 46.9 Å². The molecule has 20 heavy (non-hydrogen) atoms. The maximum atomic E-state index is 11.8. The lowest BCUT2D eigenvalue weighted by molar-refractivity contribution is -0.222. The fraction of sp³-hybridized carbons (Fsp3) is 0.333. The number of hydrogen-bond donors (Lipinski definition) is 0. The summed E-state index contributed by atoms with van der Waals surface area (Å²) in [6.45, 7) is 5.05. The van der Waals surface area contributed by atoms with E-state index >= 15 is 0 Å². The molecule has 0 amide bonds. The summed E-state index contributed by atoms with van der Waals surface area (Å²) < 4.78 is 10.1. The second-order valence-electron chi connectivity index (χ2n) is 4.90. The molecule has 0 aliphatic carbocycles. The van der Waals surface area contributed by atoms with E-state index in [4.69, 9.17) is 9.47 Å². The number of rotatable bonds is 3. The minimum atomic E-state index is -1.19. The van der Waals surface area contributed by atoms with Gasteiger partial charge in [0.2, 0.25) is 0 Å². The van der Waals surface area contributed by atoms with Crippen LogP contribution in [0.3, 0.4) is 0 Å². The summed E-state index contributed by atoms with van der Waals surface area (Å²) in [6.07, 6.45) is 0. The highest BCUT2D eigenvalue weighted by Gasteiger charge is 2.38. The summed E-state index contributed by atoms with van der Waals surface area (Å²) in [5.74, 6) is -2.47. The van der Waals surface area contributed by atoms with Crippen molar-refractivity contribution >= 4 is 23.7 Å². The topological polar surface area (TPSA) is 52.6 Å². The van der Waals surface area contributed by atoms with Gasteiger partial charge in [-0.1, -0.05) is 30.3 Å². The second-order valence-corrected chi connectivity index (χ2v) is 6.11. The normalized spacial score (nSPS) is 19.1. The molecule has 2 rings (SSSR count). The van der Waals surface area contributed by atoms with Crippen molar-refractivity contribution in [1.29, 1.82) is 0 Å². The summed E-state index contributed by atoms with van der Waals surface area (Å²) >= 11 is 1.38. The third kappa shape index (κ3) is 3.42. The van der Waals surface area contributed by atoms with E-state index in [2.05, 4.69) is 0 Å². The van der Waals surface area contributed by atoms with E-state index in [-0.39, 0.29) is 10.8 Å². The van der Waals surface area contributed by atoms with Gasteiger partial charge in [-0.15, -0.1) is 11.8 Å². The molecular formula is C15H16O4S. The van der Waals surface area contributed by atoms with Gasteiger partial charge in [-0.25, -0.2) is 9.59 Å². The van der Waals surface area contributed by atoms with E-state index in [9.17, 15) is 9.59 Å². The lowest BCUT2D eigenvalue weighted by Gasteiger charge is -2.29. The van der Waals surface area contributed by atoms with Crippen LogP contribution in [0.1, 0.15) is 31.6 Å². The molecule has 4 nitrogen and oxygen atoms in total. The number of thioether (sulfide) groups is 1. The molecule has 0 N–H and O–H groups in total. The number of hydrogen-bond acceptors (Lipinski definition) is 5. The highest BCUT2D eigenvalue weighted by atomic mass is 32.2. The molecule has 1 aliphatic rings. The molecule has 0 aromatic heterocycles. The molecular weight excluding hydrogens is 276 g/mol. The van der Waals surface area contributed by atoms with Crippen LogP contribution in [0, 0.1) is 0 Å². The number of benzene rings is 1. The van der Waals surface area contributed by atoms with Crippen LogP contribution in [0.4, 0.5) is 0 Å². The van der Waals surface area contributed by atoms with Gasteiger partial charge in [-0.2, -0.15) is 0 Å². The highest BCUT2D eigenvalue weighted by Crippen LogP contribution is 2.32. The van der Waals surface area contributed by atoms with Gasteiger partial charge < -0.3 is 9.47 Å². The third-order valence-corrected chi connectivity index (χ3v) is 3.83. The average Bonchev–Trinajstić information content (AvgIpc) is 2.37. The molecule has 1 aliphatic heterocycles. The molecule has 1 unspecified atom stereocenters. The van der Waals surface area contributed by atoms with Crippen LogP contribution in [0.15, 0.2) is 41.3 Å². The van der Waals surface area contributed by atoms with Gasteiger partial charge in [0.1, 0.15) is 0 Å².